The largest absolute Gasteiger partial charge is 0.397 e. The maximum atomic E-state index is 12.0. The molecule has 0 unspecified atom stereocenters. The van der Waals surface area contributed by atoms with Crippen molar-refractivity contribution in [2.45, 2.75) is 19.5 Å². The molecule has 4 nitrogen and oxygen atoms in total. The van der Waals surface area contributed by atoms with Crippen LogP contribution in [0.4, 0.5) is 11.4 Å². The number of nitrogens with zero attached hydrogens (tertiary/aromatic N) is 1. The third-order valence-electron chi connectivity index (χ3n) is 3.80. The molecule has 0 fully saturated rings. The average molecular weight is 281 g/mol. The molecule has 1 aliphatic rings. The van der Waals surface area contributed by atoms with Gasteiger partial charge in [-0.15, -0.1) is 0 Å². The van der Waals surface area contributed by atoms with Crippen LogP contribution in [0.15, 0.2) is 48.5 Å². The predicted octanol–water partition coefficient (Wildman–Crippen LogP) is 2.61. The van der Waals surface area contributed by atoms with E-state index in [2.05, 4.69) is 34.5 Å². The van der Waals surface area contributed by atoms with Gasteiger partial charge in [0.2, 0.25) is 5.91 Å². The second kappa shape index (κ2) is 5.97. The van der Waals surface area contributed by atoms with Crippen LogP contribution in [0.3, 0.4) is 0 Å². The van der Waals surface area contributed by atoms with E-state index in [-0.39, 0.29) is 5.91 Å². The smallest absolute Gasteiger partial charge is 0.225 e. The van der Waals surface area contributed by atoms with Crippen molar-refractivity contribution in [3.8, 4) is 0 Å². The minimum absolute atomic E-state index is 0.00357. The predicted molar refractivity (Wildman–Crippen MR) is 84.7 cm³/mol. The Hall–Kier alpha value is -2.33. The van der Waals surface area contributed by atoms with Crippen molar-refractivity contribution >= 4 is 17.3 Å². The van der Waals surface area contributed by atoms with Gasteiger partial charge in [-0.3, -0.25) is 9.69 Å². The first-order chi connectivity index (χ1) is 10.2. The number of hydrogen-bond donors (Lipinski definition) is 2. The number of amides is 1. The van der Waals surface area contributed by atoms with Crippen LogP contribution in [0, 0.1) is 0 Å². The van der Waals surface area contributed by atoms with Crippen molar-refractivity contribution in [3.05, 3.63) is 59.7 Å². The van der Waals surface area contributed by atoms with Crippen molar-refractivity contribution < 1.29 is 4.79 Å². The zero-order valence-corrected chi connectivity index (χ0v) is 11.9. The van der Waals surface area contributed by atoms with Gasteiger partial charge >= 0.3 is 0 Å². The number of para-hydroxylation sites is 2. The van der Waals surface area contributed by atoms with Crippen LogP contribution < -0.4 is 11.1 Å². The molecule has 0 aliphatic carbocycles. The van der Waals surface area contributed by atoms with Gasteiger partial charge in [-0.05, 0) is 23.3 Å². The summed E-state index contributed by atoms with van der Waals surface area (Å²) in [6.45, 7) is 2.61. The Morgan fingerprint density at radius 3 is 2.33 bits per heavy atom. The number of fused-ring (bicyclic) bond motifs is 1. The van der Waals surface area contributed by atoms with Gasteiger partial charge in [0.1, 0.15) is 0 Å². The van der Waals surface area contributed by atoms with Crippen LogP contribution in [0.2, 0.25) is 0 Å². The van der Waals surface area contributed by atoms with Crippen LogP contribution in [0.25, 0.3) is 0 Å². The topological polar surface area (TPSA) is 58.4 Å². The number of carbonyl (C=O) groups is 1. The SMILES string of the molecule is Nc1ccccc1NC(=O)CCN1Cc2ccccc2C1. The molecule has 3 rings (SSSR count). The molecule has 0 atom stereocenters. The minimum atomic E-state index is 0.00357. The Labute approximate surface area is 124 Å². The van der Waals surface area contributed by atoms with E-state index in [0.717, 1.165) is 19.6 Å². The minimum Gasteiger partial charge on any atom is -0.397 e. The Morgan fingerprint density at radius 1 is 1.05 bits per heavy atom. The molecule has 2 aromatic rings. The summed E-state index contributed by atoms with van der Waals surface area (Å²) in [6, 6.07) is 15.8. The van der Waals surface area contributed by atoms with Crippen LogP contribution in [0.5, 0.6) is 0 Å². The van der Waals surface area contributed by atoms with Gasteiger partial charge < -0.3 is 11.1 Å². The fourth-order valence-electron chi connectivity index (χ4n) is 2.65. The summed E-state index contributed by atoms with van der Waals surface area (Å²) in [5.41, 5.74) is 9.84. The maximum Gasteiger partial charge on any atom is 0.225 e. The molecule has 4 heteroatoms. The van der Waals surface area contributed by atoms with E-state index >= 15 is 0 Å². The van der Waals surface area contributed by atoms with E-state index < -0.39 is 0 Å². The van der Waals surface area contributed by atoms with E-state index in [4.69, 9.17) is 5.73 Å². The van der Waals surface area contributed by atoms with E-state index in [0.29, 0.717) is 17.8 Å². The number of rotatable bonds is 4. The lowest BCUT2D eigenvalue weighted by molar-refractivity contribution is -0.116. The van der Waals surface area contributed by atoms with Gasteiger partial charge in [0.25, 0.3) is 0 Å². The molecule has 3 N–H and O–H groups in total. The third-order valence-corrected chi connectivity index (χ3v) is 3.80. The van der Waals surface area contributed by atoms with Crippen LogP contribution in [-0.4, -0.2) is 17.4 Å². The molecule has 0 saturated carbocycles. The normalized spacial score (nSPS) is 13.9. The molecule has 0 saturated heterocycles. The van der Waals surface area contributed by atoms with Gasteiger partial charge in [-0.25, -0.2) is 0 Å². The first kappa shape index (κ1) is 13.6. The zero-order chi connectivity index (χ0) is 14.7. The van der Waals surface area contributed by atoms with Crippen molar-refractivity contribution in [1.29, 1.82) is 0 Å². The monoisotopic (exact) mass is 281 g/mol. The molecule has 1 heterocycles. The van der Waals surface area contributed by atoms with Gasteiger partial charge in [0.15, 0.2) is 0 Å². The van der Waals surface area contributed by atoms with E-state index in [9.17, 15) is 4.79 Å². The summed E-state index contributed by atoms with van der Waals surface area (Å²) in [7, 11) is 0. The van der Waals surface area contributed by atoms with Gasteiger partial charge in [-0.1, -0.05) is 36.4 Å². The molecule has 0 radical (unpaired) electrons. The summed E-state index contributed by atoms with van der Waals surface area (Å²) in [5, 5.41) is 2.86. The molecule has 21 heavy (non-hydrogen) atoms. The van der Waals surface area contributed by atoms with Crippen LogP contribution >= 0.6 is 0 Å². The number of benzene rings is 2. The number of nitrogens with one attached hydrogen (secondary N) is 1. The molecule has 108 valence electrons. The molecular formula is C17H19N3O. The zero-order valence-electron chi connectivity index (χ0n) is 11.9. The van der Waals surface area contributed by atoms with Crippen LogP contribution in [0.1, 0.15) is 17.5 Å². The summed E-state index contributed by atoms with van der Waals surface area (Å²) in [6.07, 6.45) is 0.475. The molecule has 1 amide bonds. The summed E-state index contributed by atoms with van der Waals surface area (Å²) >= 11 is 0. The van der Waals surface area contributed by atoms with Gasteiger partial charge in [0.05, 0.1) is 11.4 Å². The third kappa shape index (κ3) is 3.23. The number of anilines is 2. The molecule has 1 aliphatic heterocycles. The highest BCUT2D eigenvalue weighted by Crippen LogP contribution is 2.22. The van der Waals surface area contributed by atoms with Gasteiger partial charge in [0, 0.05) is 26.1 Å². The second-order valence-electron chi connectivity index (χ2n) is 5.36. The highest BCUT2D eigenvalue weighted by atomic mass is 16.1. The Kier molecular flexibility index (Phi) is 3.88. The molecule has 0 spiro atoms. The number of hydrogen-bond acceptors (Lipinski definition) is 3. The first-order valence-corrected chi connectivity index (χ1v) is 7.16. The van der Waals surface area contributed by atoms with Crippen molar-refractivity contribution in [2.75, 3.05) is 17.6 Å². The summed E-state index contributed by atoms with van der Waals surface area (Å²) in [5.74, 6) is 0.00357. The fourth-order valence-corrected chi connectivity index (χ4v) is 2.65. The summed E-state index contributed by atoms with van der Waals surface area (Å²) < 4.78 is 0. The fraction of sp³-hybridized carbons (Fsp3) is 0.235. The Balaban J connectivity index is 1.50. The van der Waals surface area contributed by atoms with E-state index in [1.807, 2.05) is 18.2 Å². The lowest BCUT2D eigenvalue weighted by Gasteiger charge is -2.14. The maximum absolute atomic E-state index is 12.0. The average Bonchev–Trinajstić information content (AvgIpc) is 2.90. The first-order valence-electron chi connectivity index (χ1n) is 7.16. The quantitative estimate of drug-likeness (QED) is 0.847. The Bertz CT molecular complexity index is 629. The summed E-state index contributed by atoms with van der Waals surface area (Å²) in [4.78, 5) is 14.3. The lowest BCUT2D eigenvalue weighted by Crippen LogP contribution is -2.23. The van der Waals surface area contributed by atoms with Crippen molar-refractivity contribution in [2.24, 2.45) is 0 Å². The standard InChI is InChI=1S/C17H19N3O/c18-15-7-3-4-8-16(15)19-17(21)9-10-20-11-13-5-1-2-6-14(13)12-20/h1-8H,9-12,18H2,(H,19,21). The molecule has 2 aromatic carbocycles. The highest BCUT2D eigenvalue weighted by Gasteiger charge is 2.18. The van der Waals surface area contributed by atoms with Crippen molar-refractivity contribution in [3.63, 3.8) is 0 Å². The van der Waals surface area contributed by atoms with E-state index in [1.165, 1.54) is 11.1 Å². The highest BCUT2D eigenvalue weighted by molar-refractivity contribution is 5.93. The molecule has 0 aromatic heterocycles. The lowest BCUT2D eigenvalue weighted by atomic mass is 10.1. The number of nitrogen functional groups attached to an aromatic ring is 1. The molecular weight excluding hydrogens is 262 g/mol. The number of nitrogens with two attached hydrogens (primary N) is 1. The second-order valence-corrected chi connectivity index (χ2v) is 5.36. The van der Waals surface area contributed by atoms with Crippen molar-refractivity contribution in [1.82, 2.24) is 4.90 Å². The number of carbonyl (C=O) groups excluding carboxylic acids is 1. The van der Waals surface area contributed by atoms with Gasteiger partial charge in [-0.2, -0.15) is 0 Å². The Morgan fingerprint density at radius 2 is 1.67 bits per heavy atom. The molecule has 0 bridgehead atoms. The van der Waals surface area contributed by atoms with E-state index in [1.54, 1.807) is 6.07 Å². The van der Waals surface area contributed by atoms with Crippen LogP contribution in [-0.2, 0) is 17.9 Å².